The van der Waals surface area contributed by atoms with Crippen molar-refractivity contribution in [2.24, 2.45) is 0 Å². The topological polar surface area (TPSA) is 43.6 Å². The third-order valence-corrected chi connectivity index (χ3v) is 4.35. The fraction of sp³-hybridized carbons (Fsp3) is 0.308. The van der Waals surface area contributed by atoms with Gasteiger partial charge < -0.3 is 4.57 Å². The standard InChI is InChI=1S/C13H13ClN4S/c1-8-7-16-13(19-8)9(2)18-11(6-14)17-10-4-3-5-15-12(10)18/h3-5,7,9H,6H2,1-2H3. The van der Waals surface area contributed by atoms with E-state index in [0.717, 1.165) is 22.0 Å². The first-order chi connectivity index (χ1) is 9.20. The zero-order chi connectivity index (χ0) is 13.4. The highest BCUT2D eigenvalue weighted by Gasteiger charge is 2.19. The molecule has 0 aliphatic carbocycles. The number of rotatable bonds is 3. The summed E-state index contributed by atoms with van der Waals surface area (Å²) in [6, 6.07) is 3.93. The van der Waals surface area contributed by atoms with Crippen molar-refractivity contribution in [1.29, 1.82) is 0 Å². The highest BCUT2D eigenvalue weighted by atomic mass is 35.5. The van der Waals surface area contributed by atoms with E-state index in [2.05, 4.69) is 33.4 Å². The molecule has 19 heavy (non-hydrogen) atoms. The first-order valence-electron chi connectivity index (χ1n) is 6.01. The maximum absolute atomic E-state index is 6.01. The van der Waals surface area contributed by atoms with Gasteiger partial charge in [0.05, 0.1) is 11.9 Å². The first kappa shape index (κ1) is 12.6. The third-order valence-electron chi connectivity index (χ3n) is 3.03. The van der Waals surface area contributed by atoms with Gasteiger partial charge in [-0.05, 0) is 26.0 Å². The molecule has 0 bridgehead atoms. The minimum atomic E-state index is 0.0901. The number of imidazole rings is 1. The molecule has 0 fully saturated rings. The molecule has 0 saturated heterocycles. The van der Waals surface area contributed by atoms with Crippen LogP contribution in [-0.2, 0) is 5.88 Å². The highest BCUT2D eigenvalue weighted by molar-refractivity contribution is 7.11. The lowest BCUT2D eigenvalue weighted by Gasteiger charge is -2.13. The molecule has 1 atom stereocenters. The molecule has 0 aliphatic heterocycles. The zero-order valence-electron chi connectivity index (χ0n) is 10.7. The summed E-state index contributed by atoms with van der Waals surface area (Å²) in [5, 5.41) is 1.05. The summed E-state index contributed by atoms with van der Waals surface area (Å²) in [4.78, 5) is 14.6. The molecule has 0 saturated carbocycles. The van der Waals surface area contributed by atoms with Gasteiger partial charge in [-0.3, -0.25) is 0 Å². The van der Waals surface area contributed by atoms with Crippen LogP contribution in [0.15, 0.2) is 24.5 Å². The predicted molar refractivity (Wildman–Crippen MR) is 77.7 cm³/mol. The molecule has 0 aliphatic rings. The molecule has 3 aromatic rings. The molecule has 0 aromatic carbocycles. The van der Waals surface area contributed by atoms with Gasteiger partial charge in [0.15, 0.2) is 5.65 Å². The van der Waals surface area contributed by atoms with Crippen LogP contribution in [0.3, 0.4) is 0 Å². The molecule has 3 heterocycles. The molecule has 3 aromatic heterocycles. The maximum atomic E-state index is 6.01. The van der Waals surface area contributed by atoms with E-state index in [-0.39, 0.29) is 6.04 Å². The number of nitrogens with zero attached hydrogens (tertiary/aromatic N) is 4. The Bertz CT molecular complexity index is 718. The van der Waals surface area contributed by atoms with Crippen LogP contribution in [0.25, 0.3) is 11.2 Å². The Morgan fingerprint density at radius 2 is 2.26 bits per heavy atom. The second-order valence-corrected chi connectivity index (χ2v) is 5.90. The van der Waals surface area contributed by atoms with Crippen molar-refractivity contribution in [3.63, 3.8) is 0 Å². The quantitative estimate of drug-likeness (QED) is 0.694. The van der Waals surface area contributed by atoms with Crippen LogP contribution in [0, 0.1) is 6.92 Å². The molecule has 0 N–H and O–H groups in total. The number of alkyl halides is 1. The van der Waals surface area contributed by atoms with E-state index in [0.29, 0.717) is 5.88 Å². The monoisotopic (exact) mass is 292 g/mol. The summed E-state index contributed by atoms with van der Waals surface area (Å²) in [6.07, 6.45) is 3.67. The average Bonchev–Trinajstić information content (AvgIpc) is 3.01. The summed E-state index contributed by atoms with van der Waals surface area (Å²) >= 11 is 7.70. The third kappa shape index (κ3) is 2.13. The fourth-order valence-corrected chi connectivity index (χ4v) is 3.16. The summed E-state index contributed by atoms with van der Waals surface area (Å²) in [5.41, 5.74) is 1.73. The lowest BCUT2D eigenvalue weighted by molar-refractivity contribution is 0.625. The van der Waals surface area contributed by atoms with Crippen molar-refractivity contribution in [3.05, 3.63) is 40.2 Å². The van der Waals surface area contributed by atoms with Gasteiger partial charge in [-0.2, -0.15) is 0 Å². The van der Waals surface area contributed by atoms with E-state index >= 15 is 0 Å². The molecule has 4 nitrogen and oxygen atoms in total. The van der Waals surface area contributed by atoms with Gasteiger partial charge in [-0.15, -0.1) is 22.9 Å². The molecule has 1 unspecified atom stereocenters. The van der Waals surface area contributed by atoms with Gasteiger partial charge in [-0.1, -0.05) is 0 Å². The molecule has 0 amide bonds. The maximum Gasteiger partial charge on any atom is 0.160 e. The molecule has 3 rings (SSSR count). The number of aryl methyl sites for hydroxylation is 1. The Morgan fingerprint density at radius 3 is 2.95 bits per heavy atom. The van der Waals surface area contributed by atoms with Crippen molar-refractivity contribution in [1.82, 2.24) is 19.5 Å². The molecule has 98 valence electrons. The number of thiazole rings is 1. The largest absolute Gasteiger partial charge is 0.302 e. The van der Waals surface area contributed by atoms with Crippen LogP contribution >= 0.6 is 22.9 Å². The Labute approximate surface area is 120 Å². The van der Waals surface area contributed by atoms with E-state index in [1.807, 2.05) is 18.3 Å². The number of halogens is 1. The van der Waals surface area contributed by atoms with Gasteiger partial charge in [0.2, 0.25) is 0 Å². The smallest absolute Gasteiger partial charge is 0.160 e. The van der Waals surface area contributed by atoms with E-state index in [1.54, 1.807) is 17.5 Å². The zero-order valence-corrected chi connectivity index (χ0v) is 12.2. The highest BCUT2D eigenvalue weighted by Crippen LogP contribution is 2.28. The van der Waals surface area contributed by atoms with E-state index in [9.17, 15) is 0 Å². The summed E-state index contributed by atoms with van der Waals surface area (Å²) in [5.74, 6) is 1.20. The fourth-order valence-electron chi connectivity index (χ4n) is 2.15. The molecular formula is C13H13ClN4S. The number of hydrogen-bond acceptors (Lipinski definition) is 4. The van der Waals surface area contributed by atoms with E-state index in [4.69, 9.17) is 11.6 Å². The molecule has 6 heteroatoms. The number of hydrogen-bond donors (Lipinski definition) is 0. The van der Waals surface area contributed by atoms with Crippen LogP contribution in [-0.4, -0.2) is 19.5 Å². The minimum absolute atomic E-state index is 0.0901. The van der Waals surface area contributed by atoms with Crippen molar-refractivity contribution < 1.29 is 0 Å². The van der Waals surface area contributed by atoms with Crippen molar-refractivity contribution >= 4 is 34.1 Å². The number of aromatic nitrogens is 4. The minimum Gasteiger partial charge on any atom is -0.302 e. The molecule has 0 spiro atoms. The summed E-state index contributed by atoms with van der Waals surface area (Å²) in [7, 11) is 0. The Kier molecular flexibility index (Phi) is 3.24. The van der Waals surface area contributed by atoms with Gasteiger partial charge in [-0.25, -0.2) is 15.0 Å². The second kappa shape index (κ2) is 4.90. The van der Waals surface area contributed by atoms with Gasteiger partial charge in [0.25, 0.3) is 0 Å². The Hall–Kier alpha value is -1.46. The molecular weight excluding hydrogens is 280 g/mol. The van der Waals surface area contributed by atoms with Gasteiger partial charge in [0, 0.05) is 17.3 Å². The Balaban J connectivity index is 2.17. The van der Waals surface area contributed by atoms with Crippen molar-refractivity contribution in [2.75, 3.05) is 0 Å². The number of fused-ring (bicyclic) bond motifs is 1. The molecule has 0 radical (unpaired) electrons. The van der Waals surface area contributed by atoms with Crippen LogP contribution in [0.2, 0.25) is 0 Å². The predicted octanol–water partition coefficient (Wildman–Crippen LogP) is 3.54. The van der Waals surface area contributed by atoms with E-state index < -0.39 is 0 Å². The van der Waals surface area contributed by atoms with Crippen LogP contribution in [0.5, 0.6) is 0 Å². The first-order valence-corrected chi connectivity index (χ1v) is 7.36. The second-order valence-electron chi connectivity index (χ2n) is 4.36. The lowest BCUT2D eigenvalue weighted by atomic mass is 10.3. The lowest BCUT2D eigenvalue weighted by Crippen LogP contribution is -2.10. The van der Waals surface area contributed by atoms with E-state index in [1.165, 1.54) is 4.88 Å². The summed E-state index contributed by atoms with van der Waals surface area (Å²) < 4.78 is 2.07. The van der Waals surface area contributed by atoms with Crippen molar-refractivity contribution in [2.45, 2.75) is 25.8 Å². The normalized spacial score (nSPS) is 13.0. The van der Waals surface area contributed by atoms with Gasteiger partial charge >= 0.3 is 0 Å². The van der Waals surface area contributed by atoms with Crippen LogP contribution in [0.4, 0.5) is 0 Å². The summed E-state index contributed by atoms with van der Waals surface area (Å²) in [6.45, 7) is 4.16. The average molecular weight is 293 g/mol. The van der Waals surface area contributed by atoms with Gasteiger partial charge in [0.1, 0.15) is 16.3 Å². The SMILES string of the molecule is Cc1cnc(C(C)n2c(CCl)nc3cccnc32)s1. The van der Waals surface area contributed by atoms with Crippen LogP contribution < -0.4 is 0 Å². The number of pyridine rings is 1. The van der Waals surface area contributed by atoms with Crippen molar-refractivity contribution in [3.8, 4) is 0 Å². The van der Waals surface area contributed by atoms with Crippen LogP contribution in [0.1, 0.15) is 28.7 Å². The Morgan fingerprint density at radius 1 is 1.42 bits per heavy atom.